The molecule has 92 valence electrons. The third-order valence-corrected chi connectivity index (χ3v) is 2.86. The molecule has 0 atom stereocenters. The molecule has 0 saturated carbocycles. The molecule has 0 radical (unpaired) electrons. The lowest BCUT2D eigenvalue weighted by atomic mass is 10.2. The molecule has 1 amide bonds. The maximum atomic E-state index is 12.1. The molecule has 0 fully saturated rings. The van der Waals surface area contributed by atoms with E-state index in [2.05, 4.69) is 11.6 Å². The summed E-state index contributed by atoms with van der Waals surface area (Å²) in [7, 11) is 0. The van der Waals surface area contributed by atoms with Crippen molar-refractivity contribution in [2.45, 2.75) is 13.8 Å². The van der Waals surface area contributed by atoms with Crippen LogP contribution in [-0.2, 0) is 0 Å². The Bertz CT molecular complexity index is 446. The van der Waals surface area contributed by atoms with E-state index in [1.165, 1.54) is 12.3 Å². The highest BCUT2D eigenvalue weighted by molar-refractivity contribution is 6.41. The number of hydrogen-bond donors (Lipinski definition) is 0. The van der Waals surface area contributed by atoms with Gasteiger partial charge in [0.1, 0.15) is 5.15 Å². The van der Waals surface area contributed by atoms with Gasteiger partial charge >= 0.3 is 0 Å². The molecule has 1 aromatic heterocycles. The number of amides is 1. The Morgan fingerprint density at radius 3 is 2.65 bits per heavy atom. The number of nitrogens with zero attached hydrogens (tertiary/aromatic N) is 2. The molecule has 0 aliphatic rings. The second kappa shape index (κ2) is 6.03. The highest BCUT2D eigenvalue weighted by atomic mass is 35.5. The molecule has 5 heteroatoms. The predicted octanol–water partition coefficient (Wildman–Crippen LogP) is 3.43. The number of carbonyl (C=O) groups excluding carboxylic acids is 1. The van der Waals surface area contributed by atoms with E-state index in [4.69, 9.17) is 23.2 Å². The third-order valence-electron chi connectivity index (χ3n) is 2.17. The van der Waals surface area contributed by atoms with Crippen LogP contribution in [0, 0.1) is 0 Å². The zero-order chi connectivity index (χ0) is 13.0. The maximum Gasteiger partial charge on any atom is 0.255 e. The van der Waals surface area contributed by atoms with Gasteiger partial charge in [-0.1, -0.05) is 35.4 Å². The second-order valence-electron chi connectivity index (χ2n) is 3.77. The Morgan fingerprint density at radius 2 is 2.18 bits per heavy atom. The number of halogens is 2. The zero-order valence-corrected chi connectivity index (χ0v) is 11.3. The van der Waals surface area contributed by atoms with Gasteiger partial charge < -0.3 is 4.90 Å². The minimum Gasteiger partial charge on any atom is -0.335 e. The molecule has 0 aliphatic carbocycles. The summed E-state index contributed by atoms with van der Waals surface area (Å²) in [6.07, 6.45) is 1.43. The predicted molar refractivity (Wildman–Crippen MR) is 70.6 cm³/mol. The minimum atomic E-state index is -0.124. The Balaban J connectivity index is 2.93. The van der Waals surface area contributed by atoms with Crippen LogP contribution >= 0.6 is 23.2 Å². The van der Waals surface area contributed by atoms with Crippen molar-refractivity contribution in [3.8, 4) is 0 Å². The summed E-state index contributed by atoms with van der Waals surface area (Å²) in [4.78, 5) is 17.6. The van der Waals surface area contributed by atoms with Crippen LogP contribution in [0.15, 0.2) is 24.4 Å². The fourth-order valence-corrected chi connectivity index (χ4v) is 1.64. The van der Waals surface area contributed by atoms with Crippen molar-refractivity contribution in [2.24, 2.45) is 0 Å². The number of aromatic nitrogens is 1. The van der Waals surface area contributed by atoms with Crippen molar-refractivity contribution in [1.29, 1.82) is 0 Å². The zero-order valence-electron chi connectivity index (χ0n) is 9.83. The fraction of sp³-hybridized carbons (Fsp3) is 0.333. The standard InChI is InChI=1S/C12H14Cl2N2O/c1-4-16(7-8(2)3)12(17)9-5-10(13)11(14)15-6-9/h5-6H,2,4,7H2,1,3H3. The van der Waals surface area contributed by atoms with Crippen LogP contribution in [-0.4, -0.2) is 28.9 Å². The summed E-state index contributed by atoms with van der Waals surface area (Å²) >= 11 is 11.5. The highest BCUT2D eigenvalue weighted by Gasteiger charge is 2.15. The molecular formula is C12H14Cl2N2O. The van der Waals surface area contributed by atoms with Crippen LogP contribution in [0.5, 0.6) is 0 Å². The maximum absolute atomic E-state index is 12.1. The van der Waals surface area contributed by atoms with Crippen molar-refractivity contribution >= 4 is 29.1 Å². The number of rotatable bonds is 4. The monoisotopic (exact) mass is 272 g/mol. The van der Waals surface area contributed by atoms with Gasteiger partial charge in [0.2, 0.25) is 0 Å². The van der Waals surface area contributed by atoms with Crippen LogP contribution in [0.3, 0.4) is 0 Å². The number of likely N-dealkylation sites (N-methyl/N-ethyl adjacent to an activating group) is 1. The summed E-state index contributed by atoms with van der Waals surface area (Å²) in [5, 5.41) is 0.482. The average molecular weight is 273 g/mol. The first-order valence-electron chi connectivity index (χ1n) is 5.20. The van der Waals surface area contributed by atoms with Crippen molar-refractivity contribution in [2.75, 3.05) is 13.1 Å². The normalized spacial score (nSPS) is 10.1. The smallest absolute Gasteiger partial charge is 0.255 e. The molecule has 0 unspecified atom stereocenters. The molecule has 0 saturated heterocycles. The van der Waals surface area contributed by atoms with Crippen LogP contribution in [0.25, 0.3) is 0 Å². The lowest BCUT2D eigenvalue weighted by Gasteiger charge is -2.20. The van der Waals surface area contributed by atoms with Gasteiger partial charge in [0.25, 0.3) is 5.91 Å². The van der Waals surface area contributed by atoms with Crippen molar-refractivity contribution in [3.63, 3.8) is 0 Å². The van der Waals surface area contributed by atoms with Gasteiger partial charge in [0, 0.05) is 19.3 Å². The Labute approximate surface area is 111 Å². The van der Waals surface area contributed by atoms with Gasteiger partial charge in [-0.2, -0.15) is 0 Å². The van der Waals surface area contributed by atoms with Crippen molar-refractivity contribution < 1.29 is 4.79 Å². The summed E-state index contributed by atoms with van der Waals surface area (Å²) in [6.45, 7) is 8.71. The molecular weight excluding hydrogens is 259 g/mol. The Kier molecular flexibility index (Phi) is 4.97. The third kappa shape index (κ3) is 3.72. The summed E-state index contributed by atoms with van der Waals surface area (Å²) < 4.78 is 0. The topological polar surface area (TPSA) is 33.2 Å². The molecule has 1 rings (SSSR count). The molecule has 1 heterocycles. The van der Waals surface area contributed by atoms with Gasteiger partial charge in [0.15, 0.2) is 0 Å². The fourth-order valence-electron chi connectivity index (χ4n) is 1.37. The summed E-state index contributed by atoms with van der Waals surface area (Å²) in [6, 6.07) is 1.53. The number of carbonyl (C=O) groups is 1. The van der Waals surface area contributed by atoms with E-state index in [1.54, 1.807) is 4.90 Å². The van der Waals surface area contributed by atoms with Gasteiger partial charge in [-0.3, -0.25) is 4.79 Å². The van der Waals surface area contributed by atoms with Gasteiger partial charge in [-0.05, 0) is 19.9 Å². The molecule has 0 aromatic carbocycles. The van der Waals surface area contributed by atoms with Crippen LogP contribution in [0.2, 0.25) is 10.2 Å². The lowest BCUT2D eigenvalue weighted by molar-refractivity contribution is 0.0778. The lowest BCUT2D eigenvalue weighted by Crippen LogP contribution is -2.32. The molecule has 3 nitrogen and oxygen atoms in total. The number of pyridine rings is 1. The summed E-state index contributed by atoms with van der Waals surface area (Å²) in [5.74, 6) is -0.124. The first-order chi connectivity index (χ1) is 7.95. The van der Waals surface area contributed by atoms with Crippen LogP contribution in [0.4, 0.5) is 0 Å². The van der Waals surface area contributed by atoms with E-state index in [9.17, 15) is 4.79 Å². The van der Waals surface area contributed by atoms with Gasteiger partial charge in [-0.15, -0.1) is 0 Å². The molecule has 0 aliphatic heterocycles. The average Bonchev–Trinajstić information content (AvgIpc) is 2.28. The Hall–Kier alpha value is -1.06. The van der Waals surface area contributed by atoms with E-state index in [1.807, 2.05) is 13.8 Å². The van der Waals surface area contributed by atoms with Crippen molar-refractivity contribution in [1.82, 2.24) is 9.88 Å². The van der Waals surface area contributed by atoms with Gasteiger partial charge in [-0.25, -0.2) is 4.98 Å². The SMILES string of the molecule is C=C(C)CN(CC)C(=O)c1cnc(Cl)c(Cl)c1. The van der Waals surface area contributed by atoms with E-state index in [-0.39, 0.29) is 16.1 Å². The van der Waals surface area contributed by atoms with E-state index >= 15 is 0 Å². The van der Waals surface area contributed by atoms with Crippen molar-refractivity contribution in [3.05, 3.63) is 40.2 Å². The quantitative estimate of drug-likeness (QED) is 0.622. The van der Waals surface area contributed by atoms with E-state index < -0.39 is 0 Å². The molecule has 1 aromatic rings. The van der Waals surface area contributed by atoms with Crippen LogP contribution < -0.4 is 0 Å². The second-order valence-corrected chi connectivity index (χ2v) is 4.54. The first-order valence-corrected chi connectivity index (χ1v) is 5.96. The van der Waals surface area contributed by atoms with Gasteiger partial charge in [0.05, 0.1) is 10.6 Å². The minimum absolute atomic E-state index is 0.124. The first kappa shape index (κ1) is 14.0. The molecule has 0 bridgehead atoms. The largest absolute Gasteiger partial charge is 0.335 e. The molecule has 0 spiro atoms. The Morgan fingerprint density at radius 1 is 1.53 bits per heavy atom. The van der Waals surface area contributed by atoms with E-state index in [0.717, 1.165) is 5.57 Å². The summed E-state index contributed by atoms with van der Waals surface area (Å²) in [5.41, 5.74) is 1.36. The van der Waals surface area contributed by atoms with Crippen LogP contribution in [0.1, 0.15) is 24.2 Å². The van der Waals surface area contributed by atoms with E-state index in [0.29, 0.717) is 18.7 Å². The number of hydrogen-bond acceptors (Lipinski definition) is 2. The molecule has 0 N–H and O–H groups in total. The highest BCUT2D eigenvalue weighted by Crippen LogP contribution is 2.20. The molecule has 17 heavy (non-hydrogen) atoms.